The van der Waals surface area contributed by atoms with Crippen molar-refractivity contribution in [1.29, 1.82) is 0 Å². The van der Waals surface area contributed by atoms with Gasteiger partial charge in [0.15, 0.2) is 0 Å². The van der Waals surface area contributed by atoms with E-state index in [1.807, 2.05) is 6.92 Å². The molecule has 1 heterocycles. The van der Waals surface area contributed by atoms with Crippen LogP contribution in [0.1, 0.15) is 52.9 Å². The molecular formula is C16H30N2O2. The molecule has 2 unspecified atom stereocenters. The molecule has 0 aromatic heterocycles. The van der Waals surface area contributed by atoms with Crippen molar-refractivity contribution in [3.05, 3.63) is 0 Å². The Labute approximate surface area is 123 Å². The molecule has 1 aliphatic carbocycles. The molecule has 0 spiro atoms. The summed E-state index contributed by atoms with van der Waals surface area (Å²) in [6, 6.07) is 0.470. The Balaban J connectivity index is 1.86. The molecule has 1 saturated carbocycles. The molecule has 20 heavy (non-hydrogen) atoms. The van der Waals surface area contributed by atoms with Gasteiger partial charge in [0, 0.05) is 6.04 Å². The predicted molar refractivity (Wildman–Crippen MR) is 80.3 cm³/mol. The normalized spacial score (nSPS) is 32.8. The molecule has 0 amide bonds. The van der Waals surface area contributed by atoms with Crippen molar-refractivity contribution in [2.24, 2.45) is 17.6 Å². The van der Waals surface area contributed by atoms with Crippen LogP contribution in [0.5, 0.6) is 0 Å². The molecule has 2 atom stereocenters. The summed E-state index contributed by atoms with van der Waals surface area (Å²) in [4.78, 5) is 14.5. The summed E-state index contributed by atoms with van der Waals surface area (Å²) in [7, 11) is 0. The summed E-state index contributed by atoms with van der Waals surface area (Å²) < 4.78 is 5.13. The first-order valence-corrected chi connectivity index (χ1v) is 8.16. The summed E-state index contributed by atoms with van der Waals surface area (Å²) >= 11 is 0. The lowest BCUT2D eigenvalue weighted by molar-refractivity contribution is -0.149. The number of carbonyl (C=O) groups is 1. The van der Waals surface area contributed by atoms with E-state index in [1.165, 1.54) is 12.8 Å². The minimum Gasteiger partial charge on any atom is -0.465 e. The van der Waals surface area contributed by atoms with Crippen LogP contribution in [-0.4, -0.2) is 42.1 Å². The molecule has 116 valence electrons. The Morgan fingerprint density at radius 3 is 2.55 bits per heavy atom. The van der Waals surface area contributed by atoms with Gasteiger partial charge in [-0.15, -0.1) is 0 Å². The highest BCUT2D eigenvalue weighted by atomic mass is 16.5. The van der Waals surface area contributed by atoms with E-state index >= 15 is 0 Å². The molecular weight excluding hydrogens is 252 g/mol. The van der Waals surface area contributed by atoms with Crippen LogP contribution in [0.4, 0.5) is 0 Å². The number of carbonyl (C=O) groups excluding carboxylic acids is 1. The van der Waals surface area contributed by atoms with E-state index in [4.69, 9.17) is 10.5 Å². The van der Waals surface area contributed by atoms with Gasteiger partial charge >= 0.3 is 5.97 Å². The average Bonchev–Trinajstić information content (AvgIpc) is 2.83. The van der Waals surface area contributed by atoms with Gasteiger partial charge in [-0.05, 0) is 64.0 Å². The molecule has 2 rings (SSSR count). The van der Waals surface area contributed by atoms with Crippen molar-refractivity contribution in [3.63, 3.8) is 0 Å². The molecule has 1 aliphatic heterocycles. The Morgan fingerprint density at radius 2 is 2.00 bits per heavy atom. The zero-order valence-electron chi connectivity index (χ0n) is 13.2. The summed E-state index contributed by atoms with van der Waals surface area (Å²) in [5.41, 5.74) is 5.52. The van der Waals surface area contributed by atoms with Crippen LogP contribution < -0.4 is 5.73 Å². The van der Waals surface area contributed by atoms with E-state index in [2.05, 4.69) is 18.7 Å². The largest absolute Gasteiger partial charge is 0.465 e. The van der Waals surface area contributed by atoms with Gasteiger partial charge in [-0.25, -0.2) is 0 Å². The summed E-state index contributed by atoms with van der Waals surface area (Å²) in [6.45, 7) is 9.22. The summed E-state index contributed by atoms with van der Waals surface area (Å²) in [6.07, 6.45) is 5.12. The van der Waals surface area contributed by atoms with Crippen molar-refractivity contribution < 1.29 is 9.53 Å². The standard InChI is InChI=1S/C16H30N2O2/c1-4-20-15(19)16(17)8-5-14(11-16)18-9-6-13(7-10-18)12(2)3/h12-14H,4-11,17H2,1-3H3. The third kappa shape index (κ3) is 3.34. The van der Waals surface area contributed by atoms with Gasteiger partial charge in [-0.3, -0.25) is 4.79 Å². The summed E-state index contributed by atoms with van der Waals surface area (Å²) in [5, 5.41) is 0. The SMILES string of the molecule is CCOC(=O)C1(N)CCC(N2CCC(C(C)C)CC2)C1. The monoisotopic (exact) mass is 282 g/mol. The number of hydrogen-bond donors (Lipinski definition) is 1. The molecule has 2 fully saturated rings. The molecule has 0 aromatic rings. The number of piperidine rings is 1. The first kappa shape index (κ1) is 15.8. The molecule has 2 N–H and O–H groups in total. The van der Waals surface area contributed by atoms with Gasteiger partial charge in [-0.2, -0.15) is 0 Å². The average molecular weight is 282 g/mol. The molecule has 0 radical (unpaired) electrons. The van der Waals surface area contributed by atoms with Gasteiger partial charge < -0.3 is 15.4 Å². The van der Waals surface area contributed by atoms with Crippen LogP contribution in [0.2, 0.25) is 0 Å². The number of nitrogens with two attached hydrogens (primary N) is 1. The third-order valence-electron chi connectivity index (χ3n) is 5.24. The van der Waals surface area contributed by atoms with Crippen LogP contribution in [0.3, 0.4) is 0 Å². The van der Waals surface area contributed by atoms with E-state index in [-0.39, 0.29) is 5.97 Å². The lowest BCUT2D eigenvalue weighted by atomic mass is 9.86. The third-order valence-corrected chi connectivity index (χ3v) is 5.24. The van der Waals surface area contributed by atoms with E-state index < -0.39 is 5.54 Å². The molecule has 4 heteroatoms. The second kappa shape index (κ2) is 6.44. The van der Waals surface area contributed by atoms with E-state index in [0.29, 0.717) is 12.6 Å². The number of likely N-dealkylation sites (tertiary alicyclic amines) is 1. The van der Waals surface area contributed by atoms with Gasteiger partial charge in [0.1, 0.15) is 5.54 Å². The summed E-state index contributed by atoms with van der Waals surface area (Å²) in [5.74, 6) is 1.44. The highest BCUT2D eigenvalue weighted by Gasteiger charge is 2.45. The Kier molecular flexibility index (Phi) is 5.08. The van der Waals surface area contributed by atoms with Crippen molar-refractivity contribution in [1.82, 2.24) is 4.90 Å². The quantitative estimate of drug-likeness (QED) is 0.803. The van der Waals surface area contributed by atoms with Crippen molar-refractivity contribution in [2.75, 3.05) is 19.7 Å². The molecule has 0 bridgehead atoms. The molecule has 2 aliphatic rings. The van der Waals surface area contributed by atoms with Gasteiger partial charge in [0.05, 0.1) is 6.61 Å². The molecule has 1 saturated heterocycles. The van der Waals surface area contributed by atoms with Gasteiger partial charge in [-0.1, -0.05) is 13.8 Å². The maximum Gasteiger partial charge on any atom is 0.326 e. The zero-order valence-corrected chi connectivity index (χ0v) is 13.2. The smallest absolute Gasteiger partial charge is 0.326 e. The molecule has 0 aromatic carbocycles. The fourth-order valence-corrected chi connectivity index (χ4v) is 3.77. The Morgan fingerprint density at radius 1 is 1.35 bits per heavy atom. The minimum absolute atomic E-state index is 0.209. The van der Waals surface area contributed by atoms with E-state index in [9.17, 15) is 4.79 Å². The maximum absolute atomic E-state index is 12.0. The highest BCUT2D eigenvalue weighted by molar-refractivity contribution is 5.81. The minimum atomic E-state index is -0.741. The lowest BCUT2D eigenvalue weighted by Gasteiger charge is -2.37. The number of ether oxygens (including phenoxy) is 1. The van der Waals surface area contributed by atoms with Crippen LogP contribution in [0.15, 0.2) is 0 Å². The van der Waals surface area contributed by atoms with Crippen LogP contribution in [-0.2, 0) is 9.53 Å². The highest BCUT2D eigenvalue weighted by Crippen LogP contribution is 2.35. The number of rotatable bonds is 4. The fourth-order valence-electron chi connectivity index (χ4n) is 3.77. The van der Waals surface area contributed by atoms with Crippen molar-refractivity contribution in [2.45, 2.75) is 64.5 Å². The van der Waals surface area contributed by atoms with E-state index in [0.717, 1.165) is 44.2 Å². The van der Waals surface area contributed by atoms with Crippen molar-refractivity contribution in [3.8, 4) is 0 Å². The molecule has 4 nitrogen and oxygen atoms in total. The first-order chi connectivity index (χ1) is 9.46. The Hall–Kier alpha value is -0.610. The van der Waals surface area contributed by atoms with Crippen LogP contribution in [0.25, 0.3) is 0 Å². The van der Waals surface area contributed by atoms with Crippen LogP contribution >= 0.6 is 0 Å². The number of hydrogen-bond acceptors (Lipinski definition) is 4. The van der Waals surface area contributed by atoms with E-state index in [1.54, 1.807) is 0 Å². The topological polar surface area (TPSA) is 55.6 Å². The lowest BCUT2D eigenvalue weighted by Crippen LogP contribution is -2.49. The predicted octanol–water partition coefficient (Wildman–Crippen LogP) is 2.17. The maximum atomic E-state index is 12.0. The number of nitrogens with zero attached hydrogens (tertiary/aromatic N) is 1. The Bertz CT molecular complexity index is 337. The van der Waals surface area contributed by atoms with Gasteiger partial charge in [0.2, 0.25) is 0 Å². The van der Waals surface area contributed by atoms with Crippen LogP contribution in [0, 0.1) is 11.8 Å². The zero-order chi connectivity index (χ0) is 14.8. The second-order valence-electron chi connectivity index (χ2n) is 6.89. The fraction of sp³-hybridized carbons (Fsp3) is 0.938. The van der Waals surface area contributed by atoms with Crippen molar-refractivity contribution >= 4 is 5.97 Å². The number of esters is 1. The van der Waals surface area contributed by atoms with Gasteiger partial charge in [0.25, 0.3) is 0 Å². The second-order valence-corrected chi connectivity index (χ2v) is 6.89. The first-order valence-electron chi connectivity index (χ1n) is 8.16.